The van der Waals surface area contributed by atoms with E-state index in [9.17, 15) is 0 Å². The van der Waals surface area contributed by atoms with Gasteiger partial charge in [0.2, 0.25) is 0 Å². The van der Waals surface area contributed by atoms with E-state index in [1.165, 1.54) is 77.0 Å². The highest BCUT2D eigenvalue weighted by molar-refractivity contribution is 6.60. The van der Waals surface area contributed by atoms with Gasteiger partial charge < -0.3 is 13.3 Å². The highest BCUT2D eigenvalue weighted by Crippen LogP contribution is 2.22. The fourth-order valence-corrected chi connectivity index (χ4v) is 6.21. The molecule has 0 fully saturated rings. The summed E-state index contributed by atoms with van der Waals surface area (Å²) in [6.45, 7) is 11.0. The van der Waals surface area contributed by atoms with Gasteiger partial charge in [-0.2, -0.15) is 0 Å². The quantitative estimate of drug-likeness (QED) is 0.136. The highest BCUT2D eigenvalue weighted by Gasteiger charge is 2.40. The first kappa shape index (κ1) is 27.1. The first-order chi connectivity index (χ1) is 13.2. The summed E-state index contributed by atoms with van der Waals surface area (Å²) in [6.07, 6.45) is 19.6. The molecule has 0 N–H and O–H groups in total. The lowest BCUT2D eigenvalue weighted by Crippen LogP contribution is -2.46. The average Bonchev–Trinajstić information content (AvgIpc) is 2.69. The minimum Gasteiger partial charge on any atom is -0.373 e. The molecule has 0 aromatic heterocycles. The maximum atomic E-state index is 6.18. The minimum absolute atomic E-state index is 0.762. The third kappa shape index (κ3) is 16.7. The first-order valence-corrected chi connectivity index (χ1v) is 14.1. The van der Waals surface area contributed by atoms with Crippen LogP contribution in [-0.2, 0) is 13.3 Å². The van der Waals surface area contributed by atoms with E-state index in [4.69, 9.17) is 13.3 Å². The zero-order chi connectivity index (χ0) is 20.1. The zero-order valence-electron chi connectivity index (χ0n) is 19.2. The molecule has 0 heterocycles. The van der Waals surface area contributed by atoms with Crippen LogP contribution in [0, 0.1) is 0 Å². The summed E-state index contributed by atoms with van der Waals surface area (Å²) in [5.74, 6) is 0. The second kappa shape index (κ2) is 20.8. The van der Waals surface area contributed by atoms with Gasteiger partial charge in [0.1, 0.15) is 0 Å². The second-order valence-corrected chi connectivity index (χ2v) is 10.6. The molecule has 0 saturated heterocycles. The Kier molecular flexibility index (Phi) is 20.9. The van der Waals surface area contributed by atoms with Crippen LogP contribution >= 0.6 is 0 Å². The molecule has 0 unspecified atom stereocenters. The van der Waals surface area contributed by atoms with Gasteiger partial charge in [-0.25, -0.2) is 0 Å². The number of rotatable bonds is 22. The number of hydrogen-bond acceptors (Lipinski definition) is 3. The normalized spacial score (nSPS) is 12.0. The minimum atomic E-state index is -2.46. The summed E-state index contributed by atoms with van der Waals surface area (Å²) in [5, 5.41) is 0. The van der Waals surface area contributed by atoms with Crippen molar-refractivity contribution in [3.63, 3.8) is 0 Å². The molecule has 0 aliphatic carbocycles. The molecule has 0 aromatic rings. The van der Waals surface area contributed by atoms with Crippen molar-refractivity contribution in [2.45, 2.75) is 130 Å². The molecule has 0 atom stereocenters. The van der Waals surface area contributed by atoms with Crippen LogP contribution in [0.25, 0.3) is 0 Å². The highest BCUT2D eigenvalue weighted by atomic mass is 28.4. The SMILES string of the molecule is CCCCCCCCCCCCCC[Si](OCCC)(OCCC)OCCC. The van der Waals surface area contributed by atoms with Gasteiger partial charge in [0.25, 0.3) is 0 Å². The fourth-order valence-electron chi connectivity index (χ4n) is 3.30. The van der Waals surface area contributed by atoms with E-state index >= 15 is 0 Å². The smallest absolute Gasteiger partial charge is 0.373 e. The van der Waals surface area contributed by atoms with Gasteiger partial charge in [0.15, 0.2) is 0 Å². The van der Waals surface area contributed by atoms with Crippen LogP contribution in [-0.4, -0.2) is 28.6 Å². The monoisotopic (exact) mass is 402 g/mol. The van der Waals surface area contributed by atoms with E-state index < -0.39 is 8.80 Å². The molecule has 0 saturated carbocycles. The van der Waals surface area contributed by atoms with Crippen molar-refractivity contribution in [1.29, 1.82) is 0 Å². The summed E-state index contributed by atoms with van der Waals surface area (Å²) in [5.41, 5.74) is 0. The van der Waals surface area contributed by atoms with Crippen molar-refractivity contribution in [2.75, 3.05) is 19.8 Å². The Bertz CT molecular complexity index is 265. The Labute approximate surface area is 172 Å². The average molecular weight is 403 g/mol. The van der Waals surface area contributed by atoms with Gasteiger partial charge in [-0.15, -0.1) is 0 Å². The maximum Gasteiger partial charge on any atom is 0.500 e. The Morgan fingerprint density at radius 2 is 0.741 bits per heavy atom. The zero-order valence-corrected chi connectivity index (χ0v) is 20.2. The van der Waals surface area contributed by atoms with Gasteiger partial charge in [-0.05, 0) is 25.7 Å². The first-order valence-electron chi connectivity index (χ1n) is 12.2. The van der Waals surface area contributed by atoms with Gasteiger partial charge in [0, 0.05) is 25.9 Å². The van der Waals surface area contributed by atoms with Gasteiger partial charge in [-0.1, -0.05) is 98.3 Å². The largest absolute Gasteiger partial charge is 0.500 e. The van der Waals surface area contributed by atoms with Crippen LogP contribution in [0.3, 0.4) is 0 Å². The van der Waals surface area contributed by atoms with Crippen LogP contribution < -0.4 is 0 Å². The van der Waals surface area contributed by atoms with Crippen LogP contribution in [0.1, 0.15) is 124 Å². The van der Waals surface area contributed by atoms with Crippen molar-refractivity contribution < 1.29 is 13.3 Å². The van der Waals surface area contributed by atoms with E-state index in [0.29, 0.717) is 0 Å². The molecular formula is C23H50O3Si. The van der Waals surface area contributed by atoms with E-state index in [1.807, 2.05) is 0 Å². The van der Waals surface area contributed by atoms with E-state index in [2.05, 4.69) is 27.7 Å². The molecule has 0 aromatic carbocycles. The van der Waals surface area contributed by atoms with Crippen molar-refractivity contribution in [3.8, 4) is 0 Å². The number of unbranched alkanes of at least 4 members (excludes halogenated alkanes) is 11. The second-order valence-electron chi connectivity index (χ2n) is 7.87. The molecule has 4 heteroatoms. The van der Waals surface area contributed by atoms with Crippen molar-refractivity contribution in [1.82, 2.24) is 0 Å². The van der Waals surface area contributed by atoms with Gasteiger partial charge >= 0.3 is 8.80 Å². The predicted octanol–water partition coefficient (Wildman–Crippen LogP) is 7.91. The van der Waals surface area contributed by atoms with E-state index in [0.717, 1.165) is 45.1 Å². The summed E-state index contributed by atoms with van der Waals surface area (Å²) >= 11 is 0. The van der Waals surface area contributed by atoms with Crippen molar-refractivity contribution in [2.24, 2.45) is 0 Å². The topological polar surface area (TPSA) is 27.7 Å². The molecule has 3 nitrogen and oxygen atoms in total. The fraction of sp³-hybridized carbons (Fsp3) is 1.00. The molecule has 0 aliphatic heterocycles. The maximum absolute atomic E-state index is 6.18. The van der Waals surface area contributed by atoms with Crippen molar-refractivity contribution in [3.05, 3.63) is 0 Å². The Morgan fingerprint density at radius 1 is 0.407 bits per heavy atom. The summed E-state index contributed by atoms with van der Waals surface area (Å²) in [6, 6.07) is 0.991. The lowest BCUT2D eigenvalue weighted by molar-refractivity contribution is 0.0586. The number of hydrogen-bond donors (Lipinski definition) is 0. The lowest BCUT2D eigenvalue weighted by atomic mass is 10.1. The Balaban J connectivity index is 3.89. The van der Waals surface area contributed by atoms with Gasteiger partial charge in [-0.3, -0.25) is 0 Å². The predicted molar refractivity (Wildman–Crippen MR) is 120 cm³/mol. The van der Waals surface area contributed by atoms with Gasteiger partial charge in [0.05, 0.1) is 0 Å². The summed E-state index contributed by atoms with van der Waals surface area (Å²) in [4.78, 5) is 0. The standard InChI is InChI=1S/C23H50O3Si/c1-5-9-10-11-12-13-14-15-16-17-18-19-23-27(24-20-6-2,25-21-7-3)26-22-8-4/h5-23H2,1-4H3. The van der Waals surface area contributed by atoms with E-state index in [-0.39, 0.29) is 0 Å². The third-order valence-corrected chi connectivity index (χ3v) is 7.81. The molecule has 164 valence electrons. The molecular weight excluding hydrogens is 352 g/mol. The van der Waals surface area contributed by atoms with Crippen LogP contribution in [0.2, 0.25) is 6.04 Å². The molecule has 0 aliphatic rings. The third-order valence-electron chi connectivity index (χ3n) is 4.91. The molecule has 27 heavy (non-hydrogen) atoms. The molecule has 0 radical (unpaired) electrons. The van der Waals surface area contributed by atoms with Crippen molar-refractivity contribution >= 4 is 8.80 Å². The van der Waals surface area contributed by atoms with E-state index in [1.54, 1.807) is 0 Å². The summed E-state index contributed by atoms with van der Waals surface area (Å²) in [7, 11) is -2.46. The lowest BCUT2D eigenvalue weighted by Gasteiger charge is -2.29. The molecule has 0 rings (SSSR count). The van der Waals surface area contributed by atoms with Crippen LogP contribution in [0.5, 0.6) is 0 Å². The molecule has 0 amide bonds. The molecule has 0 bridgehead atoms. The van der Waals surface area contributed by atoms with Crippen LogP contribution in [0.4, 0.5) is 0 Å². The Morgan fingerprint density at radius 3 is 1.07 bits per heavy atom. The van der Waals surface area contributed by atoms with Crippen LogP contribution in [0.15, 0.2) is 0 Å². The molecule has 0 spiro atoms. The summed E-state index contributed by atoms with van der Waals surface area (Å²) < 4.78 is 18.5. The Hall–Kier alpha value is 0.0969.